The van der Waals surface area contributed by atoms with Crippen molar-refractivity contribution in [2.24, 2.45) is 5.92 Å². The Morgan fingerprint density at radius 1 is 1.38 bits per heavy atom. The average molecular weight is 177 g/mol. The summed E-state index contributed by atoms with van der Waals surface area (Å²) in [7, 11) is 0. The van der Waals surface area contributed by atoms with Gasteiger partial charge in [0.1, 0.15) is 0 Å². The molecule has 13 heavy (non-hydrogen) atoms. The van der Waals surface area contributed by atoms with Gasteiger partial charge in [-0.1, -0.05) is 6.42 Å². The molecule has 0 aromatic carbocycles. The highest BCUT2D eigenvalue weighted by Crippen LogP contribution is 2.30. The number of nitrogens with zero attached hydrogens (tertiary/aromatic N) is 2. The average Bonchev–Trinajstić information content (AvgIpc) is 2.02. The summed E-state index contributed by atoms with van der Waals surface area (Å²) in [6.07, 6.45) is 7.61. The molecule has 1 aliphatic rings. The topological polar surface area (TPSA) is 37.8 Å². The molecule has 1 aromatic heterocycles. The van der Waals surface area contributed by atoms with Gasteiger partial charge in [0.25, 0.3) is 0 Å². The number of rotatable bonds is 3. The van der Waals surface area contributed by atoms with Gasteiger partial charge in [0.05, 0.1) is 0 Å². The maximum atomic E-state index is 4.14. The Hall–Kier alpha value is -1.12. The molecule has 1 atom stereocenters. The highest BCUT2D eigenvalue weighted by atomic mass is 15.1. The molecule has 1 unspecified atom stereocenters. The molecule has 3 heteroatoms. The minimum atomic E-state index is 0.510. The van der Waals surface area contributed by atoms with Crippen molar-refractivity contribution < 1.29 is 0 Å². The predicted molar refractivity (Wildman–Crippen MR) is 52.5 cm³/mol. The van der Waals surface area contributed by atoms with Crippen molar-refractivity contribution in [1.29, 1.82) is 0 Å². The Morgan fingerprint density at radius 2 is 2.08 bits per heavy atom. The standard InChI is InChI=1S/C10H15N3/c1-8(9-4-2-5-9)13-10-11-6-3-7-12-10/h3,6-9H,2,4-5H2,1H3,(H,11,12,13). The van der Waals surface area contributed by atoms with Crippen LogP contribution in [0, 0.1) is 5.92 Å². The molecule has 0 spiro atoms. The molecular formula is C10H15N3. The Morgan fingerprint density at radius 3 is 2.62 bits per heavy atom. The lowest BCUT2D eigenvalue weighted by Gasteiger charge is -2.31. The fraction of sp³-hybridized carbons (Fsp3) is 0.600. The summed E-state index contributed by atoms with van der Waals surface area (Å²) in [5.41, 5.74) is 0. The first kappa shape index (κ1) is 8.48. The van der Waals surface area contributed by atoms with Crippen LogP contribution in [0.2, 0.25) is 0 Å². The van der Waals surface area contributed by atoms with Crippen LogP contribution in [0.3, 0.4) is 0 Å². The summed E-state index contributed by atoms with van der Waals surface area (Å²) in [6, 6.07) is 2.34. The van der Waals surface area contributed by atoms with E-state index in [0.29, 0.717) is 6.04 Å². The lowest BCUT2D eigenvalue weighted by molar-refractivity contribution is 0.284. The zero-order valence-corrected chi connectivity index (χ0v) is 7.90. The molecule has 0 amide bonds. The maximum absolute atomic E-state index is 4.14. The van der Waals surface area contributed by atoms with Crippen LogP contribution in [0.1, 0.15) is 26.2 Å². The first-order valence-corrected chi connectivity index (χ1v) is 4.90. The second-order valence-corrected chi connectivity index (χ2v) is 3.70. The van der Waals surface area contributed by atoms with Crippen LogP contribution in [0.25, 0.3) is 0 Å². The van der Waals surface area contributed by atoms with Crippen molar-refractivity contribution in [3.05, 3.63) is 18.5 Å². The predicted octanol–water partition coefficient (Wildman–Crippen LogP) is 2.08. The largest absolute Gasteiger partial charge is 0.351 e. The molecule has 0 radical (unpaired) electrons. The quantitative estimate of drug-likeness (QED) is 0.768. The van der Waals surface area contributed by atoms with E-state index in [1.807, 2.05) is 6.07 Å². The second-order valence-electron chi connectivity index (χ2n) is 3.70. The van der Waals surface area contributed by atoms with E-state index in [4.69, 9.17) is 0 Å². The number of nitrogens with one attached hydrogen (secondary N) is 1. The molecule has 1 heterocycles. The van der Waals surface area contributed by atoms with Crippen molar-refractivity contribution in [3.8, 4) is 0 Å². The van der Waals surface area contributed by atoms with E-state index in [1.54, 1.807) is 12.4 Å². The smallest absolute Gasteiger partial charge is 0.222 e. The van der Waals surface area contributed by atoms with E-state index < -0.39 is 0 Å². The van der Waals surface area contributed by atoms with Crippen LogP contribution in [0.4, 0.5) is 5.95 Å². The zero-order valence-electron chi connectivity index (χ0n) is 7.90. The van der Waals surface area contributed by atoms with E-state index in [2.05, 4.69) is 22.2 Å². The van der Waals surface area contributed by atoms with Crippen molar-refractivity contribution in [2.45, 2.75) is 32.2 Å². The van der Waals surface area contributed by atoms with E-state index in [1.165, 1.54) is 19.3 Å². The van der Waals surface area contributed by atoms with Crippen molar-refractivity contribution >= 4 is 5.95 Å². The molecule has 3 nitrogen and oxygen atoms in total. The van der Waals surface area contributed by atoms with Crippen LogP contribution in [0.5, 0.6) is 0 Å². The number of hydrogen-bond acceptors (Lipinski definition) is 3. The van der Waals surface area contributed by atoms with Crippen LogP contribution in [0.15, 0.2) is 18.5 Å². The normalized spacial score (nSPS) is 19.2. The molecule has 0 saturated heterocycles. The van der Waals surface area contributed by atoms with Gasteiger partial charge in [0, 0.05) is 18.4 Å². The SMILES string of the molecule is CC(Nc1ncccn1)C1CCC1. The van der Waals surface area contributed by atoms with E-state index >= 15 is 0 Å². The Kier molecular flexibility index (Phi) is 2.43. The fourth-order valence-corrected chi connectivity index (χ4v) is 1.63. The summed E-state index contributed by atoms with van der Waals surface area (Å²) in [4.78, 5) is 8.27. The Balaban J connectivity index is 1.90. The van der Waals surface area contributed by atoms with Gasteiger partial charge in [-0.05, 0) is 31.7 Å². The third-order valence-electron chi connectivity index (χ3n) is 2.78. The molecule has 0 aliphatic heterocycles. The van der Waals surface area contributed by atoms with Gasteiger partial charge in [-0.15, -0.1) is 0 Å². The van der Waals surface area contributed by atoms with E-state index in [-0.39, 0.29) is 0 Å². The van der Waals surface area contributed by atoms with Gasteiger partial charge in [-0.3, -0.25) is 0 Å². The zero-order chi connectivity index (χ0) is 9.10. The number of anilines is 1. The Labute approximate surface area is 78.6 Å². The minimum Gasteiger partial charge on any atom is -0.351 e. The molecule has 1 fully saturated rings. The Bertz CT molecular complexity index is 256. The van der Waals surface area contributed by atoms with Gasteiger partial charge < -0.3 is 5.32 Å². The first-order valence-electron chi connectivity index (χ1n) is 4.90. The van der Waals surface area contributed by atoms with Gasteiger partial charge in [-0.2, -0.15) is 0 Å². The van der Waals surface area contributed by atoms with Crippen molar-refractivity contribution in [2.75, 3.05) is 5.32 Å². The van der Waals surface area contributed by atoms with Crippen molar-refractivity contribution in [1.82, 2.24) is 9.97 Å². The minimum absolute atomic E-state index is 0.510. The molecule has 70 valence electrons. The maximum Gasteiger partial charge on any atom is 0.222 e. The van der Waals surface area contributed by atoms with Crippen LogP contribution in [-0.4, -0.2) is 16.0 Å². The molecule has 1 N–H and O–H groups in total. The molecular weight excluding hydrogens is 162 g/mol. The third-order valence-corrected chi connectivity index (χ3v) is 2.78. The van der Waals surface area contributed by atoms with Crippen LogP contribution < -0.4 is 5.32 Å². The van der Waals surface area contributed by atoms with Gasteiger partial charge in [0.15, 0.2) is 0 Å². The first-order chi connectivity index (χ1) is 6.36. The summed E-state index contributed by atoms with van der Waals surface area (Å²) >= 11 is 0. The fourth-order valence-electron chi connectivity index (χ4n) is 1.63. The van der Waals surface area contributed by atoms with Crippen LogP contribution in [-0.2, 0) is 0 Å². The summed E-state index contributed by atoms with van der Waals surface area (Å²) in [5.74, 6) is 1.57. The summed E-state index contributed by atoms with van der Waals surface area (Å²) in [6.45, 7) is 2.21. The molecule has 2 rings (SSSR count). The van der Waals surface area contributed by atoms with Gasteiger partial charge in [-0.25, -0.2) is 9.97 Å². The molecule has 0 bridgehead atoms. The monoisotopic (exact) mass is 177 g/mol. The molecule has 1 aromatic rings. The molecule has 1 saturated carbocycles. The lowest BCUT2D eigenvalue weighted by Crippen LogP contribution is -2.31. The highest BCUT2D eigenvalue weighted by Gasteiger charge is 2.23. The summed E-state index contributed by atoms with van der Waals surface area (Å²) < 4.78 is 0. The van der Waals surface area contributed by atoms with Crippen LogP contribution >= 0.6 is 0 Å². The number of hydrogen-bond donors (Lipinski definition) is 1. The number of aromatic nitrogens is 2. The van der Waals surface area contributed by atoms with Crippen molar-refractivity contribution in [3.63, 3.8) is 0 Å². The van der Waals surface area contributed by atoms with Gasteiger partial charge in [0.2, 0.25) is 5.95 Å². The van der Waals surface area contributed by atoms with Gasteiger partial charge >= 0.3 is 0 Å². The second kappa shape index (κ2) is 3.73. The van der Waals surface area contributed by atoms with E-state index in [0.717, 1.165) is 11.9 Å². The van der Waals surface area contributed by atoms with E-state index in [9.17, 15) is 0 Å². The summed E-state index contributed by atoms with van der Waals surface area (Å²) in [5, 5.41) is 3.32. The highest BCUT2D eigenvalue weighted by molar-refractivity contribution is 5.24. The lowest BCUT2D eigenvalue weighted by atomic mass is 9.80. The molecule has 1 aliphatic carbocycles. The third kappa shape index (κ3) is 1.97.